The first-order valence-electron chi connectivity index (χ1n) is 10.3. The van der Waals surface area contributed by atoms with Gasteiger partial charge in [-0.1, -0.05) is 19.1 Å². The minimum atomic E-state index is -0.436. The number of likely N-dealkylation sites (tertiary alicyclic amines) is 1. The molecule has 2 fully saturated rings. The van der Waals surface area contributed by atoms with Crippen LogP contribution < -0.4 is 4.74 Å². The fourth-order valence-electron chi connectivity index (χ4n) is 5.17. The summed E-state index contributed by atoms with van der Waals surface area (Å²) in [6.45, 7) is 8.17. The lowest BCUT2D eigenvalue weighted by atomic mass is 9.70. The molecule has 4 rings (SSSR count). The van der Waals surface area contributed by atoms with E-state index < -0.39 is 11.6 Å². The monoisotopic (exact) mass is 385 g/mol. The maximum Gasteiger partial charge on any atom is 0.131 e. The summed E-state index contributed by atoms with van der Waals surface area (Å²) in [6, 6.07) is 12.1. The van der Waals surface area contributed by atoms with Crippen LogP contribution in [0.5, 0.6) is 5.75 Å². The molecule has 2 aliphatic rings. The average Bonchev–Trinajstić information content (AvgIpc) is 3.01. The van der Waals surface area contributed by atoms with Crippen LogP contribution in [0.1, 0.15) is 46.5 Å². The molecule has 28 heavy (non-hydrogen) atoms. The Morgan fingerprint density at radius 2 is 1.82 bits per heavy atom. The van der Waals surface area contributed by atoms with Crippen molar-refractivity contribution in [2.75, 3.05) is 6.54 Å². The summed E-state index contributed by atoms with van der Waals surface area (Å²) in [7, 11) is 0. The minimum absolute atomic E-state index is 0.213. The first kappa shape index (κ1) is 19.4. The van der Waals surface area contributed by atoms with Gasteiger partial charge in [0.1, 0.15) is 17.4 Å². The van der Waals surface area contributed by atoms with Crippen molar-refractivity contribution in [3.63, 3.8) is 0 Å². The molecule has 4 heteroatoms. The lowest BCUT2D eigenvalue weighted by Crippen LogP contribution is -2.47. The number of ether oxygens (including phenoxy) is 1. The second-order valence-electron chi connectivity index (χ2n) is 8.92. The smallest absolute Gasteiger partial charge is 0.131 e. The molecule has 0 N–H and O–H groups in total. The highest BCUT2D eigenvalue weighted by atomic mass is 19.1. The second-order valence-corrected chi connectivity index (χ2v) is 8.92. The van der Waals surface area contributed by atoms with Gasteiger partial charge < -0.3 is 4.74 Å². The molecule has 0 radical (unpaired) electrons. The topological polar surface area (TPSA) is 12.5 Å². The third-order valence-corrected chi connectivity index (χ3v) is 6.66. The van der Waals surface area contributed by atoms with E-state index in [9.17, 15) is 8.78 Å². The Kier molecular flexibility index (Phi) is 5.17. The van der Waals surface area contributed by atoms with Crippen molar-refractivity contribution in [1.29, 1.82) is 0 Å². The number of hydrogen-bond donors (Lipinski definition) is 0. The molecular weight excluding hydrogens is 356 g/mol. The van der Waals surface area contributed by atoms with Crippen LogP contribution in [-0.2, 0) is 0 Å². The Hall–Kier alpha value is -1.94. The highest BCUT2D eigenvalue weighted by Crippen LogP contribution is 2.48. The Labute approximate surface area is 166 Å². The molecule has 1 saturated heterocycles. The lowest BCUT2D eigenvalue weighted by Gasteiger charge is -2.43. The van der Waals surface area contributed by atoms with E-state index in [1.807, 2.05) is 12.1 Å². The molecule has 1 saturated carbocycles. The van der Waals surface area contributed by atoms with E-state index >= 15 is 0 Å². The van der Waals surface area contributed by atoms with Crippen molar-refractivity contribution in [2.24, 2.45) is 5.41 Å². The molecule has 1 heterocycles. The summed E-state index contributed by atoms with van der Waals surface area (Å²) in [4.78, 5) is 2.65. The van der Waals surface area contributed by atoms with Gasteiger partial charge in [-0.05, 0) is 87.4 Å². The predicted molar refractivity (Wildman–Crippen MR) is 108 cm³/mol. The molecular formula is C24H29F2NO. The number of benzene rings is 2. The standard InChI is InChI=1S/C24H29F2NO/c1-16(2)27-13-12-24(3)15-20(9-11-23(24)27)28-19-7-4-17(5-8-19)21-14-18(25)6-10-22(21)26/h4-8,10,14,16,20,23H,9,11-13,15H2,1-3H3. The molecule has 0 aromatic heterocycles. The molecule has 0 bridgehead atoms. The van der Waals surface area contributed by atoms with E-state index in [1.165, 1.54) is 25.5 Å². The fourth-order valence-corrected chi connectivity index (χ4v) is 5.17. The van der Waals surface area contributed by atoms with Gasteiger partial charge in [-0.2, -0.15) is 0 Å². The largest absolute Gasteiger partial charge is 0.490 e. The summed E-state index contributed by atoms with van der Waals surface area (Å²) >= 11 is 0. The van der Waals surface area contributed by atoms with E-state index in [0.717, 1.165) is 30.7 Å². The molecule has 1 aliphatic carbocycles. The van der Waals surface area contributed by atoms with Gasteiger partial charge in [0.15, 0.2) is 0 Å². The van der Waals surface area contributed by atoms with Crippen molar-refractivity contribution in [2.45, 2.75) is 64.6 Å². The first-order chi connectivity index (χ1) is 13.4. The zero-order valence-electron chi connectivity index (χ0n) is 16.9. The summed E-state index contributed by atoms with van der Waals surface area (Å²) in [5.41, 5.74) is 1.25. The van der Waals surface area contributed by atoms with Crippen molar-refractivity contribution in [1.82, 2.24) is 4.90 Å². The number of nitrogens with zero attached hydrogens (tertiary/aromatic N) is 1. The fraction of sp³-hybridized carbons (Fsp3) is 0.500. The number of hydrogen-bond acceptors (Lipinski definition) is 2. The molecule has 2 nitrogen and oxygen atoms in total. The number of fused-ring (bicyclic) bond motifs is 1. The van der Waals surface area contributed by atoms with E-state index in [0.29, 0.717) is 23.1 Å². The van der Waals surface area contributed by atoms with E-state index in [-0.39, 0.29) is 11.7 Å². The van der Waals surface area contributed by atoms with Crippen molar-refractivity contribution >= 4 is 0 Å². The molecule has 3 unspecified atom stereocenters. The van der Waals surface area contributed by atoms with Crippen molar-refractivity contribution in [3.05, 3.63) is 54.1 Å². The van der Waals surface area contributed by atoms with Crippen LogP contribution in [0, 0.1) is 17.0 Å². The highest BCUT2D eigenvalue weighted by molar-refractivity contribution is 5.64. The molecule has 1 aliphatic heterocycles. The molecule has 0 amide bonds. The van der Waals surface area contributed by atoms with Gasteiger partial charge in [-0.25, -0.2) is 8.78 Å². The van der Waals surface area contributed by atoms with E-state index in [4.69, 9.17) is 4.74 Å². The highest BCUT2D eigenvalue weighted by Gasteiger charge is 2.48. The van der Waals surface area contributed by atoms with Crippen LogP contribution in [-0.4, -0.2) is 29.6 Å². The van der Waals surface area contributed by atoms with E-state index in [1.54, 1.807) is 12.1 Å². The van der Waals surface area contributed by atoms with E-state index in [2.05, 4.69) is 25.7 Å². The summed E-state index contributed by atoms with van der Waals surface area (Å²) in [5, 5.41) is 0. The van der Waals surface area contributed by atoms with Crippen LogP contribution in [0.3, 0.4) is 0 Å². The Morgan fingerprint density at radius 1 is 1.07 bits per heavy atom. The quantitative estimate of drug-likeness (QED) is 0.635. The number of halogens is 2. The maximum absolute atomic E-state index is 14.0. The summed E-state index contributed by atoms with van der Waals surface area (Å²) in [5.74, 6) is -0.0580. The third-order valence-electron chi connectivity index (χ3n) is 6.66. The molecule has 3 atom stereocenters. The van der Waals surface area contributed by atoms with Gasteiger partial charge in [0.25, 0.3) is 0 Å². The zero-order valence-corrected chi connectivity index (χ0v) is 16.9. The van der Waals surface area contributed by atoms with Gasteiger partial charge in [0, 0.05) is 17.6 Å². The first-order valence-corrected chi connectivity index (χ1v) is 10.3. The third kappa shape index (κ3) is 3.67. The van der Waals surface area contributed by atoms with Crippen LogP contribution >= 0.6 is 0 Å². The second kappa shape index (κ2) is 7.47. The van der Waals surface area contributed by atoms with Crippen LogP contribution in [0.25, 0.3) is 11.1 Å². The average molecular weight is 385 g/mol. The van der Waals surface area contributed by atoms with Crippen LogP contribution in [0.15, 0.2) is 42.5 Å². The van der Waals surface area contributed by atoms with Gasteiger partial charge in [-0.3, -0.25) is 4.90 Å². The maximum atomic E-state index is 14.0. The SMILES string of the molecule is CC(C)N1CCC2(C)CC(Oc3ccc(-c4cc(F)ccc4F)cc3)CCC12. The van der Waals surface area contributed by atoms with Crippen LogP contribution in [0.4, 0.5) is 8.78 Å². The number of rotatable bonds is 4. The van der Waals surface area contributed by atoms with Gasteiger partial charge >= 0.3 is 0 Å². The van der Waals surface area contributed by atoms with Crippen LogP contribution in [0.2, 0.25) is 0 Å². The summed E-state index contributed by atoms with van der Waals surface area (Å²) < 4.78 is 33.7. The predicted octanol–water partition coefficient (Wildman–Crippen LogP) is 6.05. The minimum Gasteiger partial charge on any atom is -0.490 e. The van der Waals surface area contributed by atoms with Crippen molar-refractivity contribution < 1.29 is 13.5 Å². The zero-order chi connectivity index (χ0) is 19.9. The van der Waals surface area contributed by atoms with Gasteiger partial charge in [0.05, 0.1) is 6.10 Å². The Morgan fingerprint density at radius 3 is 2.54 bits per heavy atom. The lowest BCUT2D eigenvalue weighted by molar-refractivity contribution is 0.0274. The summed E-state index contributed by atoms with van der Waals surface area (Å²) in [6.07, 6.45) is 4.75. The molecule has 2 aromatic rings. The van der Waals surface area contributed by atoms with Gasteiger partial charge in [0.2, 0.25) is 0 Å². The molecule has 2 aromatic carbocycles. The molecule has 150 valence electrons. The van der Waals surface area contributed by atoms with Crippen molar-refractivity contribution in [3.8, 4) is 16.9 Å². The van der Waals surface area contributed by atoms with Gasteiger partial charge in [-0.15, -0.1) is 0 Å². The Bertz CT molecular complexity index is 835. The normalized spacial score (nSPS) is 27.8. The Balaban J connectivity index is 1.44. The molecule has 0 spiro atoms.